The Morgan fingerprint density at radius 1 is 1.18 bits per heavy atom. The molecule has 17 heavy (non-hydrogen) atoms. The Balaban J connectivity index is 2.09. The minimum atomic E-state index is 0.570. The van der Waals surface area contributed by atoms with Crippen molar-refractivity contribution in [3.63, 3.8) is 0 Å². The van der Waals surface area contributed by atoms with Gasteiger partial charge in [-0.15, -0.1) is 0 Å². The molecule has 5 heteroatoms. The van der Waals surface area contributed by atoms with E-state index in [-0.39, 0.29) is 0 Å². The number of anilines is 1. The molecule has 0 bridgehead atoms. The minimum absolute atomic E-state index is 0.570. The second kappa shape index (κ2) is 4.16. The summed E-state index contributed by atoms with van der Waals surface area (Å²) in [7, 11) is 0. The first kappa shape index (κ1) is 10.3. The summed E-state index contributed by atoms with van der Waals surface area (Å²) in [6.07, 6.45) is 9.60. The van der Waals surface area contributed by atoms with Crippen LogP contribution in [-0.2, 0) is 0 Å². The van der Waals surface area contributed by atoms with Gasteiger partial charge in [0.2, 0.25) is 0 Å². The largest absolute Gasteiger partial charge is 0.354 e. The maximum atomic E-state index is 10.9. The molecule has 0 aliphatic carbocycles. The van der Waals surface area contributed by atoms with Gasteiger partial charge in [0.1, 0.15) is 5.69 Å². The minimum Gasteiger partial charge on any atom is -0.354 e. The smallest absolute Gasteiger partial charge is 0.180 e. The summed E-state index contributed by atoms with van der Waals surface area (Å²) in [6, 6.07) is 0. The summed E-state index contributed by atoms with van der Waals surface area (Å²) in [4.78, 5) is 21.8. The molecule has 1 aliphatic rings. The lowest BCUT2D eigenvalue weighted by atomic mass is 10.1. The number of piperidine rings is 1. The second-order valence-electron chi connectivity index (χ2n) is 4.29. The lowest BCUT2D eigenvalue weighted by Crippen LogP contribution is -2.30. The van der Waals surface area contributed by atoms with Crippen molar-refractivity contribution in [2.75, 3.05) is 18.0 Å². The maximum absolute atomic E-state index is 10.9. The van der Waals surface area contributed by atoms with E-state index in [9.17, 15) is 4.79 Å². The molecule has 2 aromatic heterocycles. The number of aldehydes is 1. The monoisotopic (exact) mass is 230 g/mol. The molecule has 3 rings (SSSR count). The number of hydrogen-bond donors (Lipinski definition) is 0. The SMILES string of the molecule is O=Cc1cnc2c(N3CCCCC3)nccn12. The van der Waals surface area contributed by atoms with Gasteiger partial charge in [0.25, 0.3) is 0 Å². The van der Waals surface area contributed by atoms with Crippen LogP contribution in [0.5, 0.6) is 0 Å². The number of hydrogen-bond acceptors (Lipinski definition) is 4. The first-order chi connectivity index (χ1) is 8.40. The molecule has 5 nitrogen and oxygen atoms in total. The highest BCUT2D eigenvalue weighted by Crippen LogP contribution is 2.21. The van der Waals surface area contributed by atoms with Crippen molar-refractivity contribution in [3.05, 3.63) is 24.3 Å². The predicted octanol–water partition coefficient (Wildman–Crippen LogP) is 1.53. The van der Waals surface area contributed by atoms with Crippen LogP contribution in [0.15, 0.2) is 18.6 Å². The number of fused-ring (bicyclic) bond motifs is 1. The Morgan fingerprint density at radius 3 is 2.76 bits per heavy atom. The molecule has 88 valence electrons. The van der Waals surface area contributed by atoms with Gasteiger partial charge in [-0.25, -0.2) is 9.97 Å². The van der Waals surface area contributed by atoms with E-state index in [0.29, 0.717) is 5.69 Å². The van der Waals surface area contributed by atoms with E-state index in [1.54, 1.807) is 23.0 Å². The number of carbonyl (C=O) groups is 1. The van der Waals surface area contributed by atoms with E-state index >= 15 is 0 Å². The third-order valence-electron chi connectivity index (χ3n) is 3.21. The van der Waals surface area contributed by atoms with Gasteiger partial charge in [-0.2, -0.15) is 0 Å². The zero-order valence-electron chi connectivity index (χ0n) is 9.54. The van der Waals surface area contributed by atoms with Crippen LogP contribution >= 0.6 is 0 Å². The highest BCUT2D eigenvalue weighted by molar-refractivity contribution is 5.76. The summed E-state index contributed by atoms with van der Waals surface area (Å²) in [5.41, 5.74) is 1.34. The molecule has 0 amide bonds. The predicted molar refractivity (Wildman–Crippen MR) is 64.4 cm³/mol. The summed E-state index contributed by atoms with van der Waals surface area (Å²) in [6.45, 7) is 2.05. The number of carbonyl (C=O) groups excluding carboxylic acids is 1. The van der Waals surface area contributed by atoms with Crippen molar-refractivity contribution in [1.29, 1.82) is 0 Å². The summed E-state index contributed by atoms with van der Waals surface area (Å²) in [5.74, 6) is 0.889. The average molecular weight is 230 g/mol. The number of imidazole rings is 1. The van der Waals surface area contributed by atoms with E-state index in [1.165, 1.54) is 19.3 Å². The van der Waals surface area contributed by atoms with Crippen LogP contribution in [0.1, 0.15) is 29.8 Å². The maximum Gasteiger partial charge on any atom is 0.180 e. The normalized spacial score (nSPS) is 16.4. The Hall–Kier alpha value is -1.91. The van der Waals surface area contributed by atoms with Gasteiger partial charge < -0.3 is 4.90 Å². The van der Waals surface area contributed by atoms with Crippen LogP contribution in [0.25, 0.3) is 5.65 Å². The van der Waals surface area contributed by atoms with Crippen molar-refractivity contribution in [1.82, 2.24) is 14.4 Å². The molecular formula is C12H14N4O. The van der Waals surface area contributed by atoms with Gasteiger partial charge >= 0.3 is 0 Å². The van der Waals surface area contributed by atoms with Crippen LogP contribution < -0.4 is 4.90 Å². The molecule has 0 saturated carbocycles. The van der Waals surface area contributed by atoms with Gasteiger partial charge in [-0.1, -0.05) is 0 Å². The molecular weight excluding hydrogens is 216 g/mol. The van der Waals surface area contributed by atoms with Gasteiger partial charge in [0, 0.05) is 25.5 Å². The van der Waals surface area contributed by atoms with E-state index in [2.05, 4.69) is 14.9 Å². The van der Waals surface area contributed by atoms with Crippen LogP contribution in [-0.4, -0.2) is 33.7 Å². The molecule has 0 aromatic carbocycles. The van der Waals surface area contributed by atoms with Gasteiger partial charge in [0.15, 0.2) is 17.8 Å². The lowest BCUT2D eigenvalue weighted by Gasteiger charge is -2.27. The van der Waals surface area contributed by atoms with Crippen LogP contribution in [0.4, 0.5) is 5.82 Å². The van der Waals surface area contributed by atoms with Crippen molar-refractivity contribution in [2.24, 2.45) is 0 Å². The molecule has 0 atom stereocenters. The molecule has 0 N–H and O–H groups in total. The highest BCUT2D eigenvalue weighted by Gasteiger charge is 2.16. The molecule has 0 unspecified atom stereocenters. The third-order valence-corrected chi connectivity index (χ3v) is 3.21. The zero-order valence-corrected chi connectivity index (χ0v) is 9.54. The quantitative estimate of drug-likeness (QED) is 0.734. The molecule has 3 heterocycles. The Labute approximate surface area is 99.1 Å². The Kier molecular flexibility index (Phi) is 2.51. The molecule has 1 fully saturated rings. The zero-order chi connectivity index (χ0) is 11.7. The van der Waals surface area contributed by atoms with Gasteiger partial charge in [-0.3, -0.25) is 9.20 Å². The highest BCUT2D eigenvalue weighted by atomic mass is 16.1. The fourth-order valence-corrected chi connectivity index (χ4v) is 2.34. The summed E-state index contributed by atoms with van der Waals surface area (Å²) >= 11 is 0. The number of nitrogens with zero attached hydrogens (tertiary/aromatic N) is 4. The Morgan fingerprint density at radius 2 is 2.00 bits per heavy atom. The van der Waals surface area contributed by atoms with Crippen LogP contribution in [0.3, 0.4) is 0 Å². The van der Waals surface area contributed by atoms with E-state index in [0.717, 1.165) is 30.8 Å². The fourth-order valence-electron chi connectivity index (χ4n) is 2.34. The lowest BCUT2D eigenvalue weighted by molar-refractivity contribution is 0.111. The average Bonchev–Trinajstić information content (AvgIpc) is 2.82. The topological polar surface area (TPSA) is 50.5 Å². The van der Waals surface area contributed by atoms with Gasteiger partial charge in [0.05, 0.1) is 6.20 Å². The first-order valence-electron chi connectivity index (χ1n) is 5.92. The standard InChI is InChI=1S/C12H14N4O/c17-9-10-8-14-12-11(13-4-7-16(10)12)15-5-2-1-3-6-15/h4,7-9H,1-3,5-6H2. The van der Waals surface area contributed by atoms with E-state index < -0.39 is 0 Å². The molecule has 1 aliphatic heterocycles. The van der Waals surface area contributed by atoms with E-state index in [4.69, 9.17) is 0 Å². The first-order valence-corrected chi connectivity index (χ1v) is 5.92. The van der Waals surface area contributed by atoms with Gasteiger partial charge in [-0.05, 0) is 19.3 Å². The molecule has 0 spiro atoms. The number of aromatic nitrogens is 3. The molecule has 2 aromatic rings. The van der Waals surface area contributed by atoms with Crippen molar-refractivity contribution >= 4 is 17.8 Å². The van der Waals surface area contributed by atoms with Crippen molar-refractivity contribution < 1.29 is 4.79 Å². The van der Waals surface area contributed by atoms with Crippen LogP contribution in [0, 0.1) is 0 Å². The fraction of sp³-hybridized carbons (Fsp3) is 0.417. The second-order valence-corrected chi connectivity index (χ2v) is 4.29. The number of rotatable bonds is 2. The van der Waals surface area contributed by atoms with Crippen LogP contribution in [0.2, 0.25) is 0 Å². The third kappa shape index (κ3) is 1.67. The molecule has 1 saturated heterocycles. The summed E-state index contributed by atoms with van der Waals surface area (Å²) < 4.78 is 1.80. The Bertz CT molecular complexity index is 542. The van der Waals surface area contributed by atoms with Crippen molar-refractivity contribution in [2.45, 2.75) is 19.3 Å². The molecule has 0 radical (unpaired) electrons. The van der Waals surface area contributed by atoms with Crippen molar-refractivity contribution in [3.8, 4) is 0 Å². The summed E-state index contributed by atoms with van der Waals surface area (Å²) in [5, 5.41) is 0. The van der Waals surface area contributed by atoms with E-state index in [1.807, 2.05) is 0 Å².